The molecule has 3 fully saturated rings. The summed E-state index contributed by atoms with van der Waals surface area (Å²) in [4.78, 5) is 99.4. The molecule has 3 saturated heterocycles. The van der Waals surface area contributed by atoms with E-state index in [1.165, 1.54) is 22.5 Å². The van der Waals surface area contributed by atoms with E-state index in [9.17, 15) is 76.0 Å². The predicted octanol–water partition coefficient (Wildman–Crippen LogP) is -5.07. The molecule has 44 heteroatoms. The lowest BCUT2D eigenvalue weighted by molar-refractivity contribution is -0.646. The highest BCUT2D eigenvalue weighted by Crippen LogP contribution is 2.68. The third kappa shape index (κ3) is 12.7. The number of ether oxygens (including phenoxy) is 4. The molecule has 16 atom stereocenters. The predicted molar refractivity (Wildman–Crippen MR) is 248 cm³/mol. The molecule has 0 bridgehead atoms. The van der Waals surface area contributed by atoms with Crippen molar-refractivity contribution in [2.45, 2.75) is 67.5 Å². The van der Waals surface area contributed by atoms with Gasteiger partial charge in [0, 0.05) is 25.3 Å². The van der Waals surface area contributed by atoms with Crippen molar-refractivity contribution in [2.75, 3.05) is 51.2 Å². The summed E-state index contributed by atoms with van der Waals surface area (Å²) in [5, 5.41) is 32.6. The van der Waals surface area contributed by atoms with Gasteiger partial charge in [-0.2, -0.15) is 18.2 Å². The van der Waals surface area contributed by atoms with E-state index in [2.05, 4.69) is 33.5 Å². The number of aromatic nitrogens is 10. The fraction of sp³-hybridized carbons (Fsp3) is 0.576. The van der Waals surface area contributed by atoms with Crippen LogP contribution in [0.1, 0.15) is 18.7 Å². The number of H-pyrrole nitrogens is 2. The SMILES string of the molecule is CNS(=O)(=O)C[C@@H]1[C@@H](COP(=O)(O)OP(=O)(O)OP(=O)(O)OCC2O[C@@H](n3cnc4c(N)ncnc43)[C@H](OC)[C@@H]2OP(=O)(O)OC[C@H]2O[C@@H](n3ccc(=O)[nH]c3=O)[C@H](O)[C@@H]2O)OC(n2c[n+](C)c3c(=O)[nH]c(N)nc32)[C@@H]1O. The molecular weight excluding hydrogens is 1150 g/mol. The van der Waals surface area contributed by atoms with Crippen LogP contribution >= 0.6 is 31.3 Å². The maximum atomic E-state index is 13.6. The van der Waals surface area contributed by atoms with Crippen LogP contribution in [0.4, 0.5) is 11.8 Å². The lowest BCUT2D eigenvalue weighted by Gasteiger charge is -2.26. The first-order valence-corrected chi connectivity index (χ1v) is 29.4. The molecule has 3 aliphatic heterocycles. The second-order valence-corrected chi connectivity index (χ2v) is 24.9. The number of anilines is 2. The first kappa shape index (κ1) is 58.5. The van der Waals surface area contributed by atoms with Gasteiger partial charge in [0.2, 0.25) is 28.5 Å². The number of rotatable bonds is 22. The second kappa shape index (κ2) is 22.1. The molecule has 426 valence electrons. The van der Waals surface area contributed by atoms with Crippen LogP contribution in [0.15, 0.2) is 45.6 Å². The van der Waals surface area contributed by atoms with Crippen LogP contribution in [0, 0.1) is 5.92 Å². The summed E-state index contributed by atoms with van der Waals surface area (Å²) in [6, 6.07) is 0.914. The zero-order chi connectivity index (χ0) is 56.3. The van der Waals surface area contributed by atoms with Gasteiger partial charge in [0.1, 0.15) is 54.6 Å². The lowest BCUT2D eigenvalue weighted by atomic mass is 10.0. The van der Waals surface area contributed by atoms with Gasteiger partial charge in [-0.05, 0) is 7.05 Å². The van der Waals surface area contributed by atoms with Crippen molar-refractivity contribution in [1.82, 2.24) is 48.3 Å². The topological polar surface area (TPSA) is 553 Å². The zero-order valence-corrected chi connectivity index (χ0v) is 43.9. The maximum Gasteiger partial charge on any atom is 0.490 e. The van der Waals surface area contributed by atoms with E-state index in [4.69, 9.17) is 48.5 Å². The van der Waals surface area contributed by atoms with Gasteiger partial charge >= 0.3 is 42.5 Å². The Balaban J connectivity index is 0.954. The summed E-state index contributed by atoms with van der Waals surface area (Å²) < 4.78 is 136. The molecule has 0 spiro atoms. The smallest absolute Gasteiger partial charge is 0.387 e. The monoisotopic (exact) mass is 1200 g/mol. The fourth-order valence-electron chi connectivity index (χ4n) is 8.42. The summed E-state index contributed by atoms with van der Waals surface area (Å²) in [7, 11) is -24.4. The Labute approximate surface area is 428 Å². The number of phosphoric acid groups is 4. The van der Waals surface area contributed by atoms with E-state index in [0.717, 1.165) is 48.2 Å². The molecule has 39 nitrogen and oxygen atoms in total. The highest BCUT2D eigenvalue weighted by molar-refractivity contribution is 7.89. The molecule has 0 aromatic carbocycles. The number of phosphoric ester groups is 3. The largest absolute Gasteiger partial charge is 0.490 e. The molecular formula is C33H48N13O26P4S+. The number of hydrogen-bond acceptors (Lipinski definition) is 28. The number of hydrogen-bond donors (Lipinski definition) is 12. The average Bonchev–Trinajstić information content (AvgIpc) is 4.14. The Bertz CT molecular complexity index is 3530. The molecule has 6 unspecified atom stereocenters. The van der Waals surface area contributed by atoms with E-state index in [1.54, 1.807) is 0 Å². The van der Waals surface area contributed by atoms with Crippen molar-refractivity contribution in [1.29, 1.82) is 0 Å². The molecule has 14 N–H and O–H groups in total. The van der Waals surface area contributed by atoms with Gasteiger partial charge in [-0.3, -0.25) is 46.8 Å². The first-order chi connectivity index (χ1) is 35.9. The minimum absolute atomic E-state index is 0.0148. The summed E-state index contributed by atoms with van der Waals surface area (Å²) in [5.74, 6) is -2.89. The standard InChI is InChI=1S/C33H47N13O26P4S/c1-36-77(61,62)9-13-14(67-29(20(13)48)46-12-43(2)19-27(46)41-32(35)42-28(19)51)6-65-74(55,56)71-76(59,60)72-75(57,58)66-8-16-23(24(63-3)31(69-16)45-11-39-18-25(34)37-10-38-26(18)45)70-73(53,54)64-7-15-21(49)22(50)30(68-15)44-5-4-17(47)40-33(44)52/h4-5,10-16,20-24,29-31,36,48-50H,6-9H2,1-3H3,(H9-,34,35,37,38,40,41,42,47,51,52,53,54,55,56,57,58,59,60)/p+1/t13-,14-,15-,16?,20-,21-,22-,23-,24-,29?,30-,31-/m1/s1. The van der Waals surface area contributed by atoms with Crippen LogP contribution in [0.25, 0.3) is 22.3 Å². The van der Waals surface area contributed by atoms with Crippen molar-refractivity contribution in [2.24, 2.45) is 13.0 Å². The quantitative estimate of drug-likeness (QED) is 0.0228. The Kier molecular flexibility index (Phi) is 16.8. The molecule has 77 heavy (non-hydrogen) atoms. The van der Waals surface area contributed by atoms with Crippen molar-refractivity contribution in [3.8, 4) is 0 Å². The number of nitrogen functional groups attached to an aromatic ring is 2. The third-order valence-corrected chi connectivity index (χ3v) is 18.5. The molecule has 8 rings (SSSR count). The van der Waals surface area contributed by atoms with Crippen molar-refractivity contribution in [3.05, 3.63) is 62.4 Å². The van der Waals surface area contributed by atoms with Gasteiger partial charge in [0.25, 0.3) is 16.7 Å². The molecule has 8 heterocycles. The van der Waals surface area contributed by atoms with Crippen LogP contribution < -0.4 is 37.6 Å². The maximum absolute atomic E-state index is 13.6. The molecule has 0 radical (unpaired) electrons. The Hall–Kier alpha value is -4.67. The number of nitrogens with one attached hydrogen (secondary N) is 3. The van der Waals surface area contributed by atoms with E-state index in [-0.39, 0.29) is 34.1 Å². The number of aliphatic hydroxyl groups is 3. The van der Waals surface area contributed by atoms with E-state index >= 15 is 0 Å². The number of nitrogens with two attached hydrogens (primary N) is 2. The highest BCUT2D eigenvalue weighted by Gasteiger charge is 2.54. The summed E-state index contributed by atoms with van der Waals surface area (Å²) in [6.07, 6.45) is -14.6. The van der Waals surface area contributed by atoms with Crippen LogP contribution in [0.5, 0.6) is 0 Å². The van der Waals surface area contributed by atoms with Gasteiger partial charge in [-0.15, -0.1) is 0 Å². The minimum atomic E-state index is -6.28. The summed E-state index contributed by atoms with van der Waals surface area (Å²) in [5.41, 5.74) is 8.88. The average molecular weight is 1200 g/mol. The number of sulfonamides is 1. The molecule has 0 saturated carbocycles. The van der Waals surface area contributed by atoms with Crippen molar-refractivity contribution >= 4 is 75.4 Å². The number of imidazole rings is 2. The van der Waals surface area contributed by atoms with Gasteiger partial charge < -0.3 is 65.3 Å². The molecule has 3 aliphatic rings. The van der Waals surface area contributed by atoms with Crippen molar-refractivity contribution in [3.63, 3.8) is 0 Å². The zero-order valence-electron chi connectivity index (χ0n) is 39.5. The first-order valence-electron chi connectivity index (χ1n) is 21.7. The van der Waals surface area contributed by atoms with Gasteiger partial charge in [0.15, 0.2) is 23.9 Å². The number of fused-ring (bicyclic) bond motifs is 2. The lowest BCUT2D eigenvalue weighted by Crippen LogP contribution is -2.38. The third-order valence-electron chi connectivity index (χ3n) is 11.9. The van der Waals surface area contributed by atoms with E-state index in [1.807, 2.05) is 9.71 Å². The second-order valence-electron chi connectivity index (χ2n) is 16.9. The normalized spacial score (nSPS) is 30.1. The highest BCUT2D eigenvalue weighted by atomic mass is 32.2. The van der Waals surface area contributed by atoms with Gasteiger partial charge in [-0.25, -0.2) is 55.7 Å². The Morgan fingerprint density at radius 1 is 0.766 bits per heavy atom. The van der Waals surface area contributed by atoms with Crippen LogP contribution in [0.2, 0.25) is 0 Å². The minimum Gasteiger partial charge on any atom is -0.387 e. The Morgan fingerprint density at radius 3 is 2.03 bits per heavy atom. The number of aromatic amines is 2. The number of aliphatic hydroxyl groups excluding tert-OH is 3. The molecule has 0 amide bonds. The fourth-order valence-corrected chi connectivity index (χ4v) is 14.0. The molecule has 5 aromatic rings. The van der Waals surface area contributed by atoms with Crippen LogP contribution in [-0.2, 0) is 81.0 Å². The van der Waals surface area contributed by atoms with Gasteiger partial charge in [-0.1, -0.05) is 0 Å². The number of methoxy groups -OCH3 is 1. The molecule has 0 aliphatic carbocycles. The van der Waals surface area contributed by atoms with Crippen LogP contribution in [0.3, 0.4) is 0 Å². The van der Waals surface area contributed by atoms with E-state index in [0.29, 0.717) is 0 Å². The molecule has 5 aromatic heterocycles. The van der Waals surface area contributed by atoms with Gasteiger partial charge in [0.05, 0.1) is 45.1 Å². The Morgan fingerprint density at radius 2 is 1.38 bits per heavy atom. The van der Waals surface area contributed by atoms with Crippen molar-refractivity contribution < 1.29 is 112 Å². The van der Waals surface area contributed by atoms with E-state index < -0.39 is 157 Å². The summed E-state index contributed by atoms with van der Waals surface area (Å²) in [6.45, 7) is -3.53. The number of nitrogens with zero attached hydrogens (tertiary/aromatic N) is 8. The van der Waals surface area contributed by atoms with Crippen LogP contribution in [-0.4, -0.2) is 175 Å². The number of aryl methyl sites for hydroxylation is 1. The summed E-state index contributed by atoms with van der Waals surface area (Å²) >= 11 is 0.